The van der Waals surface area contributed by atoms with Crippen molar-refractivity contribution < 1.29 is 4.79 Å². The highest BCUT2D eigenvalue weighted by Gasteiger charge is 2.46. The summed E-state index contributed by atoms with van der Waals surface area (Å²) in [7, 11) is 0. The van der Waals surface area contributed by atoms with Gasteiger partial charge in [-0.15, -0.1) is 11.3 Å². The van der Waals surface area contributed by atoms with Crippen molar-refractivity contribution in [3.8, 4) is 0 Å². The molecule has 2 nitrogen and oxygen atoms in total. The van der Waals surface area contributed by atoms with Crippen LogP contribution >= 0.6 is 11.3 Å². The van der Waals surface area contributed by atoms with E-state index in [0.29, 0.717) is 0 Å². The third kappa shape index (κ3) is 1.32. The molecule has 0 spiro atoms. The molecule has 1 aliphatic rings. The van der Waals surface area contributed by atoms with Crippen molar-refractivity contribution in [1.29, 1.82) is 0 Å². The molecular weight excluding hydrogens is 206 g/mol. The summed E-state index contributed by atoms with van der Waals surface area (Å²) in [5.41, 5.74) is -0.217. The third-order valence-electron chi connectivity index (χ3n) is 2.87. The van der Waals surface area contributed by atoms with Crippen molar-refractivity contribution in [2.75, 3.05) is 0 Å². The zero-order chi connectivity index (χ0) is 10.3. The Morgan fingerprint density at radius 1 is 1.33 bits per heavy atom. The maximum Gasteiger partial charge on any atom is 0.235 e. The van der Waals surface area contributed by atoms with Crippen molar-refractivity contribution in [2.24, 2.45) is 4.99 Å². The third-order valence-corrected chi connectivity index (χ3v) is 4.18. The van der Waals surface area contributed by atoms with Crippen LogP contribution in [0.1, 0.15) is 17.7 Å². The van der Waals surface area contributed by atoms with E-state index in [4.69, 9.17) is 0 Å². The number of isocyanates is 1. The van der Waals surface area contributed by atoms with E-state index in [1.807, 2.05) is 12.1 Å². The van der Waals surface area contributed by atoms with E-state index in [-0.39, 0.29) is 5.54 Å². The molecule has 1 saturated carbocycles. The van der Waals surface area contributed by atoms with Crippen LogP contribution in [0.2, 0.25) is 0 Å². The SMILES string of the molecule is O=C=NC1(c2cc3ccccc3s2)CC1. The van der Waals surface area contributed by atoms with Crippen LogP contribution in [0.25, 0.3) is 10.1 Å². The van der Waals surface area contributed by atoms with Gasteiger partial charge < -0.3 is 0 Å². The highest BCUT2D eigenvalue weighted by atomic mass is 32.1. The molecule has 1 aromatic carbocycles. The van der Waals surface area contributed by atoms with E-state index < -0.39 is 0 Å². The summed E-state index contributed by atoms with van der Waals surface area (Å²) in [5.74, 6) is 0. The maximum absolute atomic E-state index is 10.4. The van der Waals surface area contributed by atoms with Gasteiger partial charge in [0.15, 0.2) is 0 Å². The molecule has 0 bridgehead atoms. The van der Waals surface area contributed by atoms with Crippen LogP contribution in [0.4, 0.5) is 0 Å². The van der Waals surface area contributed by atoms with E-state index in [2.05, 4.69) is 23.2 Å². The summed E-state index contributed by atoms with van der Waals surface area (Å²) >= 11 is 1.73. The minimum Gasteiger partial charge on any atom is -0.211 e. The number of hydrogen-bond acceptors (Lipinski definition) is 3. The predicted molar refractivity (Wildman–Crippen MR) is 60.9 cm³/mol. The first-order valence-corrected chi connectivity index (χ1v) is 5.74. The number of thiophene rings is 1. The van der Waals surface area contributed by atoms with Crippen LogP contribution in [0.5, 0.6) is 0 Å². The largest absolute Gasteiger partial charge is 0.235 e. The molecule has 0 N–H and O–H groups in total. The summed E-state index contributed by atoms with van der Waals surface area (Å²) in [4.78, 5) is 15.5. The molecule has 0 aliphatic heterocycles. The van der Waals surface area contributed by atoms with E-state index >= 15 is 0 Å². The summed E-state index contributed by atoms with van der Waals surface area (Å²) in [6, 6.07) is 10.4. The Morgan fingerprint density at radius 2 is 2.13 bits per heavy atom. The van der Waals surface area contributed by atoms with Crippen LogP contribution < -0.4 is 0 Å². The lowest BCUT2D eigenvalue weighted by Gasteiger charge is -2.01. The molecule has 1 fully saturated rings. The van der Waals surface area contributed by atoms with Crippen LogP contribution in [0, 0.1) is 0 Å². The maximum atomic E-state index is 10.4. The zero-order valence-electron chi connectivity index (χ0n) is 8.06. The number of carbonyl (C=O) groups excluding carboxylic acids is 1. The molecule has 0 saturated heterocycles. The Kier molecular flexibility index (Phi) is 1.78. The highest BCUT2D eigenvalue weighted by molar-refractivity contribution is 7.19. The number of aliphatic imine (C=N–C) groups is 1. The number of fused-ring (bicyclic) bond motifs is 1. The van der Waals surface area contributed by atoms with Crippen LogP contribution in [0.3, 0.4) is 0 Å². The fourth-order valence-corrected chi connectivity index (χ4v) is 3.08. The molecule has 0 atom stereocenters. The van der Waals surface area contributed by atoms with E-state index in [1.54, 1.807) is 17.4 Å². The van der Waals surface area contributed by atoms with Crippen molar-refractivity contribution in [1.82, 2.24) is 0 Å². The fourth-order valence-electron chi connectivity index (χ4n) is 1.83. The monoisotopic (exact) mass is 215 g/mol. The number of hydrogen-bond donors (Lipinski definition) is 0. The molecule has 0 radical (unpaired) electrons. The molecule has 74 valence electrons. The molecular formula is C12H9NOS. The number of nitrogens with zero attached hydrogens (tertiary/aromatic N) is 1. The molecule has 1 aliphatic carbocycles. The van der Waals surface area contributed by atoms with Gasteiger partial charge in [0.2, 0.25) is 6.08 Å². The first kappa shape index (κ1) is 8.84. The zero-order valence-corrected chi connectivity index (χ0v) is 8.88. The van der Waals surface area contributed by atoms with Crippen LogP contribution in [-0.2, 0) is 10.3 Å². The Labute approximate surface area is 91.3 Å². The minimum atomic E-state index is -0.217. The van der Waals surface area contributed by atoms with Gasteiger partial charge in [-0.3, -0.25) is 0 Å². The average molecular weight is 215 g/mol. The second kappa shape index (κ2) is 3.02. The van der Waals surface area contributed by atoms with Gasteiger partial charge in [0.05, 0.1) is 0 Å². The van der Waals surface area contributed by atoms with Gasteiger partial charge in [-0.2, -0.15) is 4.99 Å². The van der Waals surface area contributed by atoms with Crippen molar-refractivity contribution in [2.45, 2.75) is 18.4 Å². The molecule has 0 unspecified atom stereocenters. The van der Waals surface area contributed by atoms with E-state index in [1.165, 1.54) is 15.0 Å². The quantitative estimate of drug-likeness (QED) is 0.558. The Balaban J connectivity index is 2.16. The molecule has 3 rings (SSSR count). The van der Waals surface area contributed by atoms with Gasteiger partial charge in [0, 0.05) is 9.58 Å². The molecule has 1 aromatic heterocycles. The van der Waals surface area contributed by atoms with E-state index in [0.717, 1.165) is 12.8 Å². The van der Waals surface area contributed by atoms with Gasteiger partial charge in [0.1, 0.15) is 5.54 Å². The lowest BCUT2D eigenvalue weighted by atomic mass is 10.2. The highest BCUT2D eigenvalue weighted by Crippen LogP contribution is 2.52. The average Bonchev–Trinajstić information content (AvgIpc) is 2.91. The summed E-state index contributed by atoms with van der Waals surface area (Å²) in [6.07, 6.45) is 3.66. The van der Waals surface area contributed by atoms with Gasteiger partial charge in [0.25, 0.3) is 0 Å². The molecule has 0 amide bonds. The second-order valence-corrected chi connectivity index (χ2v) is 4.97. The Hall–Kier alpha value is -1.44. The van der Waals surface area contributed by atoms with Gasteiger partial charge >= 0.3 is 0 Å². The van der Waals surface area contributed by atoms with Crippen molar-refractivity contribution in [3.63, 3.8) is 0 Å². The van der Waals surface area contributed by atoms with Crippen molar-refractivity contribution >= 4 is 27.5 Å². The predicted octanol–water partition coefficient (Wildman–Crippen LogP) is 3.23. The van der Waals surface area contributed by atoms with Gasteiger partial charge in [-0.05, 0) is 30.4 Å². The van der Waals surface area contributed by atoms with Crippen LogP contribution in [-0.4, -0.2) is 6.08 Å². The molecule has 15 heavy (non-hydrogen) atoms. The Bertz CT molecular complexity index is 529. The first-order valence-electron chi connectivity index (χ1n) is 4.92. The van der Waals surface area contributed by atoms with Crippen LogP contribution in [0.15, 0.2) is 35.3 Å². The van der Waals surface area contributed by atoms with Gasteiger partial charge in [-0.1, -0.05) is 18.2 Å². The van der Waals surface area contributed by atoms with E-state index in [9.17, 15) is 4.79 Å². The molecule has 3 heteroatoms. The Morgan fingerprint density at radius 3 is 2.80 bits per heavy atom. The first-order chi connectivity index (χ1) is 7.34. The number of rotatable bonds is 2. The lowest BCUT2D eigenvalue weighted by Crippen LogP contribution is -1.97. The second-order valence-electron chi connectivity index (χ2n) is 3.88. The van der Waals surface area contributed by atoms with Crippen molar-refractivity contribution in [3.05, 3.63) is 35.2 Å². The summed E-state index contributed by atoms with van der Waals surface area (Å²) in [6.45, 7) is 0. The van der Waals surface area contributed by atoms with Gasteiger partial charge in [-0.25, -0.2) is 4.79 Å². The molecule has 1 heterocycles. The summed E-state index contributed by atoms with van der Waals surface area (Å²) in [5, 5.41) is 1.24. The standard InChI is InChI=1S/C12H9NOS/c14-8-13-12(5-6-12)11-7-9-3-1-2-4-10(9)15-11/h1-4,7H,5-6H2. The molecule has 2 aromatic rings. The lowest BCUT2D eigenvalue weighted by molar-refractivity contribution is 0.557. The number of benzene rings is 1. The topological polar surface area (TPSA) is 29.4 Å². The smallest absolute Gasteiger partial charge is 0.211 e. The fraction of sp³-hybridized carbons (Fsp3) is 0.250. The summed E-state index contributed by atoms with van der Waals surface area (Å²) < 4.78 is 1.26. The minimum absolute atomic E-state index is 0.217. The normalized spacial score (nSPS) is 17.3.